The Morgan fingerprint density at radius 3 is 2.59 bits per heavy atom. The number of hydrogen-bond acceptors (Lipinski definition) is 9. The summed E-state index contributed by atoms with van der Waals surface area (Å²) in [6, 6.07) is 19.3. The van der Waals surface area contributed by atoms with Crippen molar-refractivity contribution in [3.05, 3.63) is 85.5 Å². The predicted octanol–water partition coefficient (Wildman–Crippen LogP) is 2.49. The molecule has 12 nitrogen and oxygen atoms in total. The third kappa shape index (κ3) is 4.44. The lowest BCUT2D eigenvalue weighted by atomic mass is 10.1. The zero-order chi connectivity index (χ0) is 26.4. The number of imidazole rings is 1. The first kappa shape index (κ1) is 23.9. The monoisotopic (exact) mass is 545 g/mol. The van der Waals surface area contributed by atoms with Crippen molar-refractivity contribution in [2.24, 2.45) is 0 Å². The van der Waals surface area contributed by atoms with Gasteiger partial charge in [-0.05, 0) is 57.6 Å². The summed E-state index contributed by atoms with van der Waals surface area (Å²) in [4.78, 5) is 4.24. The second kappa shape index (κ2) is 9.54. The summed E-state index contributed by atoms with van der Waals surface area (Å²) in [7, 11) is -3.80. The molecular weight excluding hydrogens is 522 g/mol. The molecule has 198 valence electrons. The molecule has 39 heavy (non-hydrogen) atoms. The SMILES string of the molecule is O=S(=O)(NC1COC2C1OCC2n1nnnc1Oc1ccc(-n2ccnc2)cc1)c1ccc2ccccc2c1. The molecule has 7 rings (SSSR count). The highest BCUT2D eigenvalue weighted by atomic mass is 32.2. The summed E-state index contributed by atoms with van der Waals surface area (Å²) < 4.78 is 50.6. The van der Waals surface area contributed by atoms with Gasteiger partial charge in [-0.25, -0.2) is 18.1 Å². The van der Waals surface area contributed by atoms with E-state index in [2.05, 4.69) is 25.2 Å². The van der Waals surface area contributed by atoms with E-state index in [-0.39, 0.29) is 30.2 Å². The molecule has 3 aromatic carbocycles. The van der Waals surface area contributed by atoms with Gasteiger partial charge in [0.1, 0.15) is 24.0 Å². The van der Waals surface area contributed by atoms with E-state index in [1.54, 1.807) is 30.7 Å². The van der Waals surface area contributed by atoms with Gasteiger partial charge in [0.05, 0.1) is 30.5 Å². The molecule has 13 heteroatoms. The number of benzene rings is 3. The molecule has 1 N–H and O–H groups in total. The first-order valence-corrected chi connectivity index (χ1v) is 13.8. The summed E-state index contributed by atoms with van der Waals surface area (Å²) in [5, 5.41) is 13.7. The number of hydrogen-bond donors (Lipinski definition) is 1. The summed E-state index contributed by atoms with van der Waals surface area (Å²) in [6.07, 6.45) is 4.31. The Hall–Kier alpha value is -4.17. The third-order valence-corrected chi connectivity index (χ3v) is 8.48. The Balaban J connectivity index is 1.05. The summed E-state index contributed by atoms with van der Waals surface area (Å²) in [5.41, 5.74) is 0.933. The molecule has 2 aromatic heterocycles. The number of nitrogens with zero attached hydrogens (tertiary/aromatic N) is 6. The van der Waals surface area contributed by atoms with Crippen LogP contribution in [0.15, 0.2) is 90.3 Å². The molecule has 0 spiro atoms. The first-order valence-electron chi connectivity index (χ1n) is 12.3. The highest BCUT2D eigenvalue weighted by Gasteiger charge is 2.50. The number of tetrazole rings is 1. The number of nitrogens with one attached hydrogen (secondary N) is 1. The van der Waals surface area contributed by atoms with E-state index in [9.17, 15) is 8.42 Å². The average molecular weight is 546 g/mol. The minimum absolute atomic E-state index is 0.159. The van der Waals surface area contributed by atoms with Crippen LogP contribution in [0.1, 0.15) is 6.04 Å². The number of aromatic nitrogens is 6. The van der Waals surface area contributed by atoms with Crippen LogP contribution < -0.4 is 9.46 Å². The van der Waals surface area contributed by atoms with Crippen LogP contribution in [-0.2, 0) is 19.5 Å². The fraction of sp³-hybridized carbons (Fsp3) is 0.231. The van der Waals surface area contributed by atoms with Crippen LogP contribution in [0.4, 0.5) is 0 Å². The van der Waals surface area contributed by atoms with Gasteiger partial charge in [0.25, 0.3) is 0 Å². The predicted molar refractivity (Wildman–Crippen MR) is 138 cm³/mol. The van der Waals surface area contributed by atoms with Gasteiger partial charge in [-0.1, -0.05) is 35.4 Å². The largest absolute Gasteiger partial charge is 0.423 e. The van der Waals surface area contributed by atoms with Crippen LogP contribution in [0, 0.1) is 0 Å². The van der Waals surface area contributed by atoms with E-state index in [1.807, 2.05) is 59.3 Å². The van der Waals surface area contributed by atoms with Crippen molar-refractivity contribution in [3.63, 3.8) is 0 Å². The minimum atomic E-state index is -3.80. The number of sulfonamides is 1. The maximum Gasteiger partial charge on any atom is 0.341 e. The van der Waals surface area contributed by atoms with Gasteiger partial charge in [0.15, 0.2) is 0 Å². The van der Waals surface area contributed by atoms with Crippen molar-refractivity contribution in [1.29, 1.82) is 0 Å². The number of fused-ring (bicyclic) bond motifs is 2. The van der Waals surface area contributed by atoms with E-state index in [4.69, 9.17) is 14.2 Å². The molecule has 4 unspecified atom stereocenters. The maximum absolute atomic E-state index is 13.2. The van der Waals surface area contributed by atoms with Crippen LogP contribution in [0.5, 0.6) is 11.8 Å². The molecule has 4 heterocycles. The van der Waals surface area contributed by atoms with Crippen molar-refractivity contribution >= 4 is 20.8 Å². The van der Waals surface area contributed by atoms with Crippen molar-refractivity contribution in [2.45, 2.75) is 29.2 Å². The van der Waals surface area contributed by atoms with Gasteiger partial charge in [-0.15, -0.1) is 0 Å². The molecule has 0 saturated carbocycles. The second-order valence-corrected chi connectivity index (χ2v) is 11.1. The zero-order valence-corrected chi connectivity index (χ0v) is 21.3. The lowest BCUT2D eigenvalue weighted by Gasteiger charge is -2.18. The minimum Gasteiger partial charge on any atom is -0.423 e. The normalized spacial score (nSPS) is 22.8. The fourth-order valence-electron chi connectivity index (χ4n) is 5.06. The second-order valence-electron chi connectivity index (χ2n) is 9.37. The fourth-order valence-corrected chi connectivity index (χ4v) is 6.32. The van der Waals surface area contributed by atoms with Crippen LogP contribution >= 0.6 is 0 Å². The third-order valence-electron chi connectivity index (χ3n) is 6.99. The topological polar surface area (TPSA) is 135 Å². The molecule has 2 aliphatic rings. The van der Waals surface area contributed by atoms with Crippen molar-refractivity contribution in [3.8, 4) is 17.4 Å². The quantitative estimate of drug-likeness (QED) is 0.327. The van der Waals surface area contributed by atoms with Gasteiger partial charge in [0, 0.05) is 18.1 Å². The molecule has 2 fully saturated rings. The van der Waals surface area contributed by atoms with E-state index in [0.29, 0.717) is 5.75 Å². The highest BCUT2D eigenvalue weighted by Crippen LogP contribution is 2.36. The van der Waals surface area contributed by atoms with Gasteiger partial charge in [0.2, 0.25) is 10.0 Å². The van der Waals surface area contributed by atoms with Crippen LogP contribution in [0.2, 0.25) is 0 Å². The van der Waals surface area contributed by atoms with Crippen LogP contribution in [0.25, 0.3) is 16.5 Å². The smallest absolute Gasteiger partial charge is 0.341 e. The van der Waals surface area contributed by atoms with Crippen molar-refractivity contribution in [1.82, 2.24) is 34.5 Å². The standard InChI is InChI=1S/C26H23N7O5S/c34-39(35,21-10-5-17-3-1-2-4-18(17)13-21)29-22-14-36-25-23(15-37-24(22)25)33-26(28-30-31-33)38-20-8-6-19(7-9-20)32-12-11-27-16-32/h1-13,16,22-25,29H,14-15H2. The first-order chi connectivity index (χ1) is 19.0. The number of rotatable bonds is 7. The highest BCUT2D eigenvalue weighted by molar-refractivity contribution is 7.89. The molecule has 2 saturated heterocycles. The van der Waals surface area contributed by atoms with Crippen LogP contribution in [-0.4, -0.2) is 69.6 Å². The Morgan fingerprint density at radius 2 is 1.77 bits per heavy atom. The van der Waals surface area contributed by atoms with Crippen LogP contribution in [0.3, 0.4) is 0 Å². The summed E-state index contributed by atoms with van der Waals surface area (Å²) in [5.74, 6) is 0.554. The number of ether oxygens (including phenoxy) is 3. The lowest BCUT2D eigenvalue weighted by Crippen LogP contribution is -2.44. The lowest BCUT2D eigenvalue weighted by molar-refractivity contribution is 0.0615. The van der Waals surface area contributed by atoms with E-state index < -0.39 is 28.3 Å². The van der Waals surface area contributed by atoms with E-state index in [0.717, 1.165) is 16.5 Å². The summed E-state index contributed by atoms with van der Waals surface area (Å²) >= 11 is 0. The zero-order valence-electron chi connectivity index (χ0n) is 20.4. The Labute approximate surface area is 223 Å². The molecule has 0 radical (unpaired) electrons. The molecule has 2 aliphatic heterocycles. The van der Waals surface area contributed by atoms with Gasteiger partial charge in [-0.2, -0.15) is 4.68 Å². The van der Waals surface area contributed by atoms with Crippen molar-refractivity contribution < 1.29 is 22.6 Å². The molecular formula is C26H23N7O5S. The Bertz CT molecular complexity index is 1720. The summed E-state index contributed by atoms with van der Waals surface area (Å²) in [6.45, 7) is 0.400. The molecule has 5 aromatic rings. The maximum atomic E-state index is 13.2. The molecule has 0 aliphatic carbocycles. The molecule has 4 atom stereocenters. The van der Waals surface area contributed by atoms with E-state index in [1.165, 1.54) is 4.68 Å². The Kier molecular flexibility index (Phi) is 5.85. The van der Waals surface area contributed by atoms with Gasteiger partial charge in [-0.3, -0.25) is 0 Å². The Morgan fingerprint density at radius 1 is 0.949 bits per heavy atom. The van der Waals surface area contributed by atoms with E-state index >= 15 is 0 Å². The van der Waals surface area contributed by atoms with Crippen molar-refractivity contribution in [2.75, 3.05) is 13.2 Å². The van der Waals surface area contributed by atoms with Gasteiger partial charge >= 0.3 is 6.01 Å². The molecule has 0 amide bonds. The van der Waals surface area contributed by atoms with Gasteiger partial charge < -0.3 is 18.8 Å². The average Bonchev–Trinajstić information content (AvgIpc) is 3.76. The molecule has 0 bridgehead atoms.